The van der Waals surface area contributed by atoms with Gasteiger partial charge in [-0.1, -0.05) is 25.0 Å². The van der Waals surface area contributed by atoms with Crippen LogP contribution in [0.5, 0.6) is 0 Å². The first-order valence-corrected chi connectivity index (χ1v) is 11.4. The summed E-state index contributed by atoms with van der Waals surface area (Å²) in [7, 11) is 0. The second kappa shape index (κ2) is 14.3. The van der Waals surface area contributed by atoms with Crippen LogP contribution in [-0.2, 0) is 14.4 Å². The van der Waals surface area contributed by atoms with E-state index in [-0.39, 0.29) is 24.6 Å². The number of nitro benzene ring substituents is 1. The van der Waals surface area contributed by atoms with Gasteiger partial charge in [0.15, 0.2) is 0 Å². The Labute approximate surface area is 203 Å². The molecule has 2 rings (SSSR count). The molecule has 11 nitrogen and oxygen atoms in total. The number of carboxylic acid groups (broad SMARTS) is 1. The van der Waals surface area contributed by atoms with Gasteiger partial charge in [-0.15, -0.1) is 0 Å². The molecule has 1 heterocycles. The molecule has 0 saturated carbocycles. The summed E-state index contributed by atoms with van der Waals surface area (Å²) in [6.45, 7) is 2.50. The van der Waals surface area contributed by atoms with Gasteiger partial charge in [-0.3, -0.25) is 24.5 Å². The second-order valence-electron chi connectivity index (χ2n) is 8.16. The minimum absolute atomic E-state index is 0.206. The second-order valence-corrected chi connectivity index (χ2v) is 8.16. The smallest absolute Gasteiger partial charge is 0.305 e. The minimum Gasteiger partial charge on any atom is -0.481 e. The summed E-state index contributed by atoms with van der Waals surface area (Å²) in [5, 5.41) is 28.4. The van der Waals surface area contributed by atoms with Crippen molar-refractivity contribution in [2.45, 2.75) is 51.5 Å². The number of pyridine rings is 1. The van der Waals surface area contributed by atoms with E-state index in [4.69, 9.17) is 5.11 Å². The van der Waals surface area contributed by atoms with Gasteiger partial charge in [0.25, 0.3) is 5.69 Å². The zero-order valence-electron chi connectivity index (χ0n) is 19.7. The number of nitrogens with one attached hydrogen (secondary N) is 3. The number of carbonyl (C=O) groups excluding carboxylic acids is 2. The van der Waals surface area contributed by atoms with Crippen molar-refractivity contribution in [3.05, 3.63) is 63.8 Å². The molecule has 4 N–H and O–H groups in total. The molecule has 0 spiro atoms. The summed E-state index contributed by atoms with van der Waals surface area (Å²) in [5.41, 5.74) is 1.24. The highest BCUT2D eigenvalue weighted by Gasteiger charge is 2.20. The lowest BCUT2D eigenvalue weighted by molar-refractivity contribution is -0.384. The van der Waals surface area contributed by atoms with E-state index in [1.54, 1.807) is 6.20 Å². The number of unbranched alkanes of at least 4 members (excludes halogenated alkanes) is 3. The van der Waals surface area contributed by atoms with Crippen LogP contribution in [0.2, 0.25) is 0 Å². The van der Waals surface area contributed by atoms with Crippen LogP contribution in [0.15, 0.2) is 42.6 Å². The molecule has 1 aromatic heterocycles. The zero-order chi connectivity index (χ0) is 25.6. The van der Waals surface area contributed by atoms with Crippen molar-refractivity contribution in [2.75, 3.05) is 18.4 Å². The predicted molar refractivity (Wildman–Crippen MR) is 130 cm³/mol. The molecule has 1 atom stereocenters. The zero-order valence-corrected chi connectivity index (χ0v) is 19.7. The number of hydrogen-bond donors (Lipinski definition) is 4. The maximum Gasteiger partial charge on any atom is 0.305 e. The van der Waals surface area contributed by atoms with Gasteiger partial charge in [0.1, 0.15) is 5.82 Å². The summed E-state index contributed by atoms with van der Waals surface area (Å²) in [4.78, 5) is 50.1. The van der Waals surface area contributed by atoms with Crippen molar-refractivity contribution < 1.29 is 24.4 Å². The maximum atomic E-state index is 12.3. The molecular formula is C24H31N5O6. The lowest BCUT2D eigenvalue weighted by Gasteiger charge is -2.17. The fraction of sp³-hybridized carbons (Fsp3) is 0.417. The number of aromatic nitrogens is 1. The van der Waals surface area contributed by atoms with E-state index in [9.17, 15) is 24.5 Å². The van der Waals surface area contributed by atoms with Crippen LogP contribution in [0.4, 0.5) is 11.5 Å². The Hall–Kier alpha value is -4.02. The third-order valence-corrected chi connectivity index (χ3v) is 5.20. The quantitative estimate of drug-likeness (QED) is 0.170. The standard InChI is InChI=1S/C24H31N5O6/c1-17-10-12-26-21(13-17)25-11-5-3-2-4-9-22(30)27-16-23(31)28-20(15-24(32)33)18-7-6-8-19(14-18)29(34)35/h6-8,10,12-14,20H,2-5,9,11,15-16H2,1H3,(H,25,26)(H,27,30)(H,28,31)(H,32,33). The van der Waals surface area contributed by atoms with Gasteiger partial charge in [0.05, 0.1) is 23.9 Å². The van der Waals surface area contributed by atoms with Crippen molar-refractivity contribution >= 4 is 29.3 Å². The Bertz CT molecular complexity index is 1030. The fourth-order valence-electron chi connectivity index (χ4n) is 3.41. The van der Waals surface area contributed by atoms with Crippen molar-refractivity contribution in [1.82, 2.24) is 15.6 Å². The van der Waals surface area contributed by atoms with Crippen molar-refractivity contribution in [3.63, 3.8) is 0 Å². The molecule has 1 aromatic carbocycles. The first-order valence-electron chi connectivity index (χ1n) is 11.4. The topological polar surface area (TPSA) is 164 Å². The molecule has 35 heavy (non-hydrogen) atoms. The Morgan fingerprint density at radius 2 is 1.86 bits per heavy atom. The lowest BCUT2D eigenvalue weighted by Crippen LogP contribution is -2.39. The normalized spacial score (nSPS) is 11.3. The molecule has 0 bridgehead atoms. The van der Waals surface area contributed by atoms with E-state index < -0.39 is 29.3 Å². The Kier molecular flexibility index (Phi) is 11.1. The average molecular weight is 486 g/mol. The summed E-state index contributed by atoms with van der Waals surface area (Å²) in [5.74, 6) is -1.17. The van der Waals surface area contributed by atoms with E-state index >= 15 is 0 Å². The number of benzene rings is 1. The number of amides is 2. The van der Waals surface area contributed by atoms with Gasteiger partial charge in [0, 0.05) is 31.3 Å². The molecule has 0 aliphatic carbocycles. The molecule has 0 fully saturated rings. The summed E-state index contributed by atoms with van der Waals surface area (Å²) in [6, 6.07) is 8.39. The number of carboxylic acids is 1. The Morgan fingerprint density at radius 3 is 2.57 bits per heavy atom. The van der Waals surface area contributed by atoms with Gasteiger partial charge < -0.3 is 21.1 Å². The molecule has 2 aromatic rings. The summed E-state index contributed by atoms with van der Waals surface area (Å²) >= 11 is 0. The fourth-order valence-corrected chi connectivity index (χ4v) is 3.41. The SMILES string of the molecule is Cc1ccnc(NCCCCCCC(=O)NCC(=O)NC(CC(=O)O)c2cccc([N+](=O)[O-])c2)c1. The molecule has 0 saturated heterocycles. The number of non-ortho nitro benzene ring substituents is 1. The first-order chi connectivity index (χ1) is 16.7. The van der Waals surface area contributed by atoms with Crippen molar-refractivity contribution in [3.8, 4) is 0 Å². The molecule has 0 aliphatic rings. The molecule has 1 unspecified atom stereocenters. The van der Waals surface area contributed by atoms with E-state index in [0.717, 1.165) is 37.2 Å². The van der Waals surface area contributed by atoms with Crippen LogP contribution in [0.3, 0.4) is 0 Å². The highest BCUT2D eigenvalue weighted by Crippen LogP contribution is 2.21. The predicted octanol–water partition coefficient (Wildman–Crippen LogP) is 3.11. The number of carbonyl (C=O) groups is 3. The third kappa shape index (κ3) is 10.6. The van der Waals surface area contributed by atoms with Gasteiger partial charge in [-0.05, 0) is 43.0 Å². The maximum absolute atomic E-state index is 12.3. The number of aliphatic carboxylic acids is 1. The average Bonchev–Trinajstić information content (AvgIpc) is 2.81. The van der Waals surface area contributed by atoms with Crippen molar-refractivity contribution in [1.29, 1.82) is 0 Å². The molecule has 0 radical (unpaired) electrons. The Balaban J connectivity index is 1.66. The molecule has 188 valence electrons. The number of nitrogens with zero attached hydrogens (tertiary/aromatic N) is 2. The number of nitro groups is 1. The van der Waals surface area contributed by atoms with E-state index in [0.29, 0.717) is 12.0 Å². The monoisotopic (exact) mass is 485 g/mol. The van der Waals surface area contributed by atoms with Crippen LogP contribution in [0.1, 0.15) is 55.7 Å². The van der Waals surface area contributed by atoms with E-state index in [2.05, 4.69) is 20.9 Å². The first kappa shape index (κ1) is 27.2. The highest BCUT2D eigenvalue weighted by molar-refractivity contribution is 5.85. The number of rotatable bonds is 15. The van der Waals surface area contributed by atoms with E-state index in [1.807, 2.05) is 19.1 Å². The van der Waals surface area contributed by atoms with Crippen LogP contribution < -0.4 is 16.0 Å². The third-order valence-electron chi connectivity index (χ3n) is 5.20. The number of aryl methyl sites for hydroxylation is 1. The van der Waals surface area contributed by atoms with Crippen LogP contribution >= 0.6 is 0 Å². The molecule has 11 heteroatoms. The summed E-state index contributed by atoms with van der Waals surface area (Å²) in [6.07, 6.45) is 5.05. The highest BCUT2D eigenvalue weighted by atomic mass is 16.6. The number of hydrogen-bond acceptors (Lipinski definition) is 7. The summed E-state index contributed by atoms with van der Waals surface area (Å²) < 4.78 is 0. The van der Waals surface area contributed by atoms with Crippen LogP contribution in [0.25, 0.3) is 0 Å². The Morgan fingerprint density at radius 1 is 1.09 bits per heavy atom. The molecular weight excluding hydrogens is 454 g/mol. The van der Waals surface area contributed by atoms with Crippen LogP contribution in [-0.4, -0.2) is 45.9 Å². The molecule has 0 aliphatic heterocycles. The van der Waals surface area contributed by atoms with Crippen LogP contribution in [0, 0.1) is 17.0 Å². The van der Waals surface area contributed by atoms with E-state index in [1.165, 1.54) is 24.3 Å². The molecule has 2 amide bonds. The largest absolute Gasteiger partial charge is 0.481 e. The van der Waals surface area contributed by atoms with Gasteiger partial charge in [-0.25, -0.2) is 4.98 Å². The lowest BCUT2D eigenvalue weighted by atomic mass is 10.0. The van der Waals surface area contributed by atoms with Gasteiger partial charge in [-0.2, -0.15) is 0 Å². The van der Waals surface area contributed by atoms with Gasteiger partial charge in [0.2, 0.25) is 11.8 Å². The van der Waals surface area contributed by atoms with Crippen molar-refractivity contribution in [2.24, 2.45) is 0 Å². The number of anilines is 1. The van der Waals surface area contributed by atoms with Gasteiger partial charge >= 0.3 is 5.97 Å². The minimum atomic E-state index is -1.17.